The molecule has 2 heterocycles. The van der Waals surface area contributed by atoms with E-state index in [4.69, 9.17) is 4.74 Å². The molecule has 10 heteroatoms. The number of aromatic nitrogens is 2. The van der Waals surface area contributed by atoms with Gasteiger partial charge in [-0.2, -0.15) is 13.2 Å². The normalized spacial score (nSPS) is 13.8. The third-order valence-corrected chi connectivity index (χ3v) is 6.20. The van der Waals surface area contributed by atoms with Crippen molar-refractivity contribution in [2.75, 3.05) is 20.2 Å². The molecule has 0 fully saturated rings. The Morgan fingerprint density at radius 1 is 1.03 bits per heavy atom. The van der Waals surface area contributed by atoms with Crippen LogP contribution in [0.15, 0.2) is 47.3 Å². The fourth-order valence-electron chi connectivity index (χ4n) is 4.44. The van der Waals surface area contributed by atoms with Crippen LogP contribution in [0.5, 0.6) is 0 Å². The van der Waals surface area contributed by atoms with Gasteiger partial charge < -0.3 is 14.6 Å². The second-order valence-corrected chi connectivity index (χ2v) is 8.25. The summed E-state index contributed by atoms with van der Waals surface area (Å²) in [5, 5.41) is 0. The highest BCUT2D eigenvalue weighted by molar-refractivity contribution is 5.90. The molecule has 2 aromatic carbocycles. The third-order valence-electron chi connectivity index (χ3n) is 6.20. The minimum absolute atomic E-state index is 0.0132. The molecule has 0 atom stereocenters. The van der Waals surface area contributed by atoms with Crippen molar-refractivity contribution in [1.82, 2.24) is 14.5 Å². The minimum atomic E-state index is -4.90. The first-order chi connectivity index (χ1) is 16.6. The van der Waals surface area contributed by atoms with Gasteiger partial charge in [0, 0.05) is 13.1 Å². The number of nitrogens with one attached hydrogen (secondary N) is 1. The van der Waals surface area contributed by atoms with Crippen LogP contribution in [0.1, 0.15) is 34.1 Å². The largest absolute Gasteiger partial charge is 0.471 e. The van der Waals surface area contributed by atoms with Gasteiger partial charge in [0.1, 0.15) is 0 Å². The molecule has 0 radical (unpaired) electrons. The number of ether oxygens (including phenoxy) is 1. The molecule has 1 N–H and O–H groups in total. The summed E-state index contributed by atoms with van der Waals surface area (Å²) in [6, 6.07) is 12.1. The van der Waals surface area contributed by atoms with Crippen molar-refractivity contribution in [3.63, 3.8) is 0 Å². The fourth-order valence-corrected chi connectivity index (χ4v) is 4.44. The van der Waals surface area contributed by atoms with E-state index in [2.05, 4.69) is 4.98 Å². The van der Waals surface area contributed by atoms with Crippen LogP contribution in [-0.4, -0.2) is 52.7 Å². The zero-order valence-electron chi connectivity index (χ0n) is 19.2. The van der Waals surface area contributed by atoms with Gasteiger partial charge in [0.2, 0.25) is 0 Å². The molecule has 0 bridgehead atoms. The molecule has 4 rings (SSSR count). The zero-order valence-corrected chi connectivity index (χ0v) is 19.2. The zero-order chi connectivity index (χ0) is 25.3. The second kappa shape index (κ2) is 9.44. The number of esters is 1. The second-order valence-electron chi connectivity index (χ2n) is 8.25. The number of hydrogen-bond donors (Lipinski definition) is 1. The summed E-state index contributed by atoms with van der Waals surface area (Å²) in [5.74, 6) is -2.29. The number of carbonyl (C=O) groups is 2. The highest BCUT2D eigenvalue weighted by Crippen LogP contribution is 2.27. The molecule has 1 aromatic heterocycles. The van der Waals surface area contributed by atoms with E-state index in [1.54, 1.807) is 47.0 Å². The lowest BCUT2D eigenvalue weighted by Gasteiger charge is -2.21. The monoisotopic (exact) mass is 487 g/mol. The number of alkyl halides is 3. The predicted octanol–water partition coefficient (Wildman–Crippen LogP) is 3.67. The van der Waals surface area contributed by atoms with Crippen molar-refractivity contribution in [3.05, 3.63) is 75.3 Å². The van der Waals surface area contributed by atoms with Crippen LogP contribution in [-0.2, 0) is 28.8 Å². The average molecular weight is 487 g/mol. The number of aromatic amines is 1. The molecule has 0 spiro atoms. The van der Waals surface area contributed by atoms with E-state index in [1.807, 2.05) is 6.92 Å². The van der Waals surface area contributed by atoms with Gasteiger partial charge in [-0.3, -0.25) is 9.36 Å². The average Bonchev–Trinajstić information content (AvgIpc) is 3.04. The molecule has 3 aromatic rings. The molecule has 7 nitrogen and oxygen atoms in total. The van der Waals surface area contributed by atoms with Crippen molar-refractivity contribution >= 4 is 11.9 Å². The SMILES string of the molecule is CCc1c(-c2ccc(C(=O)OC)cc2)[nH]c(=O)n1-c1ccc2c(c1)CCN(C(=O)C(F)(F)F)CC2. The fraction of sp³-hybridized carbons (Fsp3) is 0.320. The number of imidazole rings is 1. The number of halogens is 3. The lowest BCUT2D eigenvalue weighted by molar-refractivity contribution is -0.185. The number of rotatable bonds is 4. The minimum Gasteiger partial charge on any atom is -0.465 e. The van der Waals surface area contributed by atoms with E-state index in [1.165, 1.54) is 7.11 Å². The molecule has 35 heavy (non-hydrogen) atoms. The smallest absolute Gasteiger partial charge is 0.465 e. The van der Waals surface area contributed by atoms with Gasteiger partial charge in [0.15, 0.2) is 0 Å². The van der Waals surface area contributed by atoms with Crippen molar-refractivity contribution < 1.29 is 27.5 Å². The van der Waals surface area contributed by atoms with Gasteiger partial charge >= 0.3 is 23.7 Å². The topological polar surface area (TPSA) is 84.4 Å². The van der Waals surface area contributed by atoms with Gasteiger partial charge in [-0.05, 0) is 60.2 Å². The van der Waals surface area contributed by atoms with Gasteiger partial charge in [0.05, 0.1) is 29.7 Å². The third kappa shape index (κ3) is 4.73. The van der Waals surface area contributed by atoms with E-state index < -0.39 is 18.1 Å². The highest BCUT2D eigenvalue weighted by Gasteiger charge is 2.42. The van der Waals surface area contributed by atoms with Gasteiger partial charge in [-0.25, -0.2) is 9.59 Å². The van der Waals surface area contributed by atoms with Gasteiger partial charge in [-0.15, -0.1) is 0 Å². The summed E-state index contributed by atoms with van der Waals surface area (Å²) in [5.41, 5.74) is 4.35. The molecule has 0 unspecified atom stereocenters. The summed E-state index contributed by atoms with van der Waals surface area (Å²) in [6.07, 6.45) is -3.81. The molecular formula is C25H24F3N3O4. The Labute approximate surface area is 199 Å². The Kier molecular flexibility index (Phi) is 6.56. The van der Waals surface area contributed by atoms with E-state index in [-0.39, 0.29) is 25.2 Å². The van der Waals surface area contributed by atoms with Crippen LogP contribution >= 0.6 is 0 Å². The van der Waals surface area contributed by atoms with Gasteiger partial charge in [-0.1, -0.05) is 25.1 Å². The lowest BCUT2D eigenvalue weighted by atomic mass is 10.0. The summed E-state index contributed by atoms with van der Waals surface area (Å²) in [6.45, 7) is 1.85. The Balaban J connectivity index is 1.67. The van der Waals surface area contributed by atoms with Crippen LogP contribution in [0.3, 0.4) is 0 Å². The van der Waals surface area contributed by atoms with Crippen LogP contribution in [0.25, 0.3) is 16.9 Å². The highest BCUT2D eigenvalue weighted by atomic mass is 19.4. The molecular weight excluding hydrogens is 463 g/mol. The number of hydrogen-bond acceptors (Lipinski definition) is 4. The van der Waals surface area contributed by atoms with Crippen molar-refractivity contribution in [1.29, 1.82) is 0 Å². The van der Waals surface area contributed by atoms with Crippen LogP contribution in [0.2, 0.25) is 0 Å². The maximum absolute atomic E-state index is 13.0. The summed E-state index contributed by atoms with van der Waals surface area (Å²) < 4.78 is 44.9. The quantitative estimate of drug-likeness (QED) is 0.570. The first kappa shape index (κ1) is 24.3. The standard InChI is InChI=1S/C25H24F3N3O4/c1-3-20-21(16-4-6-17(7-5-16)22(32)35-2)29-24(34)31(20)19-9-8-15-10-12-30(13-11-18(15)14-19)23(33)25(26,27)28/h4-9,14H,3,10-13H2,1-2H3,(H,29,34). The van der Waals surface area contributed by atoms with Crippen molar-refractivity contribution in [3.8, 4) is 16.9 Å². The molecule has 1 amide bonds. The van der Waals surface area contributed by atoms with E-state index >= 15 is 0 Å². The Bertz CT molecular complexity index is 1320. The number of amides is 1. The van der Waals surface area contributed by atoms with Crippen LogP contribution < -0.4 is 5.69 Å². The van der Waals surface area contributed by atoms with Crippen molar-refractivity contribution in [2.45, 2.75) is 32.4 Å². The van der Waals surface area contributed by atoms with Crippen molar-refractivity contribution in [2.24, 2.45) is 0 Å². The van der Waals surface area contributed by atoms with E-state index in [0.717, 1.165) is 27.3 Å². The predicted molar refractivity (Wildman–Crippen MR) is 123 cm³/mol. The number of H-pyrrole nitrogens is 1. The first-order valence-corrected chi connectivity index (χ1v) is 11.1. The Hall–Kier alpha value is -3.82. The van der Waals surface area contributed by atoms with Crippen LogP contribution in [0.4, 0.5) is 13.2 Å². The first-order valence-electron chi connectivity index (χ1n) is 11.1. The number of fused-ring (bicyclic) bond motifs is 1. The molecule has 1 aliphatic rings. The Morgan fingerprint density at radius 3 is 2.29 bits per heavy atom. The maximum atomic E-state index is 13.0. The Morgan fingerprint density at radius 2 is 1.69 bits per heavy atom. The molecule has 0 aliphatic carbocycles. The summed E-state index contributed by atoms with van der Waals surface area (Å²) in [4.78, 5) is 40.1. The van der Waals surface area contributed by atoms with Gasteiger partial charge in [0.25, 0.3) is 0 Å². The van der Waals surface area contributed by atoms with E-state index in [0.29, 0.717) is 29.8 Å². The molecule has 0 saturated heterocycles. The summed E-state index contributed by atoms with van der Waals surface area (Å²) >= 11 is 0. The van der Waals surface area contributed by atoms with E-state index in [9.17, 15) is 27.6 Å². The molecule has 0 saturated carbocycles. The summed E-state index contributed by atoms with van der Waals surface area (Å²) in [7, 11) is 1.30. The maximum Gasteiger partial charge on any atom is 0.471 e. The number of carbonyl (C=O) groups excluding carboxylic acids is 2. The van der Waals surface area contributed by atoms with Crippen LogP contribution in [0, 0.1) is 0 Å². The number of benzene rings is 2. The number of methoxy groups -OCH3 is 1. The lowest BCUT2D eigenvalue weighted by Crippen LogP contribution is -2.42. The molecule has 184 valence electrons. The number of nitrogens with zero attached hydrogens (tertiary/aromatic N) is 2. The molecule has 1 aliphatic heterocycles.